The maximum atomic E-state index is 12.3. The summed E-state index contributed by atoms with van der Waals surface area (Å²) in [6.45, 7) is 7.67. The van der Waals surface area contributed by atoms with Gasteiger partial charge in [-0.25, -0.2) is 4.79 Å². The summed E-state index contributed by atoms with van der Waals surface area (Å²) in [6, 6.07) is 14.2. The number of carbonyl (C=O) groups is 1. The zero-order valence-corrected chi connectivity index (χ0v) is 17.7. The van der Waals surface area contributed by atoms with Crippen LogP contribution in [0, 0.1) is 5.92 Å². The van der Waals surface area contributed by atoms with Crippen molar-refractivity contribution in [3.63, 3.8) is 0 Å². The van der Waals surface area contributed by atoms with Gasteiger partial charge < -0.3 is 14.2 Å². The Bertz CT molecular complexity index is 747. The van der Waals surface area contributed by atoms with Crippen LogP contribution in [0.4, 0.5) is 0 Å². The molecule has 0 aromatic heterocycles. The maximum absolute atomic E-state index is 12.3. The van der Waals surface area contributed by atoms with Gasteiger partial charge in [-0.1, -0.05) is 32.4 Å². The van der Waals surface area contributed by atoms with Gasteiger partial charge >= 0.3 is 5.97 Å². The Morgan fingerprint density at radius 2 is 1.55 bits per heavy atom. The Labute approximate surface area is 174 Å². The van der Waals surface area contributed by atoms with Gasteiger partial charge in [-0.2, -0.15) is 0 Å². The van der Waals surface area contributed by atoms with E-state index in [1.54, 1.807) is 36.4 Å². The number of ether oxygens (including phenoxy) is 3. The molecule has 2 rings (SSSR count). The van der Waals surface area contributed by atoms with Crippen molar-refractivity contribution >= 4 is 5.97 Å². The highest BCUT2D eigenvalue weighted by Crippen LogP contribution is 2.20. The van der Waals surface area contributed by atoms with Crippen LogP contribution in [0.15, 0.2) is 60.7 Å². The summed E-state index contributed by atoms with van der Waals surface area (Å²) in [5.74, 6) is 2.15. The van der Waals surface area contributed by atoms with Crippen molar-refractivity contribution < 1.29 is 19.0 Å². The second-order valence-corrected chi connectivity index (χ2v) is 7.12. The zero-order valence-electron chi connectivity index (χ0n) is 17.7. The molecule has 0 fully saturated rings. The molecule has 0 radical (unpaired) electrons. The van der Waals surface area contributed by atoms with E-state index < -0.39 is 5.97 Å². The maximum Gasteiger partial charge on any atom is 0.343 e. The molecule has 0 unspecified atom stereocenters. The molecule has 4 nitrogen and oxygen atoms in total. The molecule has 29 heavy (non-hydrogen) atoms. The second-order valence-electron chi connectivity index (χ2n) is 7.12. The van der Waals surface area contributed by atoms with Crippen LogP contribution in [0.2, 0.25) is 0 Å². The molecule has 0 saturated carbocycles. The van der Waals surface area contributed by atoms with Gasteiger partial charge in [-0.05, 0) is 80.6 Å². The molecule has 0 heterocycles. The van der Waals surface area contributed by atoms with Crippen LogP contribution in [0.25, 0.3) is 0 Å². The van der Waals surface area contributed by atoms with Crippen LogP contribution in [0.1, 0.15) is 56.8 Å². The predicted octanol–water partition coefficient (Wildman–Crippen LogP) is 6.46. The number of hydrogen-bond acceptors (Lipinski definition) is 4. The van der Waals surface area contributed by atoms with Crippen molar-refractivity contribution in [2.24, 2.45) is 5.92 Å². The Hall–Kier alpha value is -2.75. The predicted molar refractivity (Wildman–Crippen MR) is 117 cm³/mol. The van der Waals surface area contributed by atoms with E-state index in [-0.39, 0.29) is 0 Å². The molecule has 0 bridgehead atoms. The minimum atomic E-state index is -0.392. The van der Waals surface area contributed by atoms with Gasteiger partial charge in [0.15, 0.2) is 0 Å². The molecular formula is C25H32O4. The van der Waals surface area contributed by atoms with E-state index >= 15 is 0 Å². The molecule has 0 saturated heterocycles. The minimum absolute atomic E-state index is 0.392. The molecule has 0 amide bonds. The van der Waals surface area contributed by atoms with Gasteiger partial charge in [0.1, 0.15) is 17.2 Å². The van der Waals surface area contributed by atoms with Crippen LogP contribution in [0.5, 0.6) is 17.2 Å². The summed E-state index contributed by atoms with van der Waals surface area (Å²) in [5, 5.41) is 0. The number of unbranched alkanes of at least 4 members (excludes halogenated alkanes) is 2. The van der Waals surface area contributed by atoms with Crippen LogP contribution >= 0.6 is 0 Å². The zero-order chi connectivity index (χ0) is 20.9. The summed E-state index contributed by atoms with van der Waals surface area (Å²) in [4.78, 5) is 12.3. The molecule has 1 atom stereocenters. The minimum Gasteiger partial charge on any atom is -0.494 e. The molecule has 156 valence electrons. The van der Waals surface area contributed by atoms with Gasteiger partial charge in [0.25, 0.3) is 0 Å². The third-order valence-corrected chi connectivity index (χ3v) is 4.63. The fraction of sp³-hybridized carbons (Fsp3) is 0.400. The van der Waals surface area contributed by atoms with E-state index in [1.165, 1.54) is 0 Å². The Morgan fingerprint density at radius 1 is 0.931 bits per heavy atom. The highest BCUT2D eigenvalue weighted by molar-refractivity contribution is 5.91. The Morgan fingerprint density at radius 3 is 2.21 bits per heavy atom. The van der Waals surface area contributed by atoms with Crippen LogP contribution < -0.4 is 14.2 Å². The molecule has 0 N–H and O–H groups in total. The van der Waals surface area contributed by atoms with Crippen LogP contribution in [-0.2, 0) is 0 Å². The number of hydrogen-bond donors (Lipinski definition) is 0. The molecule has 4 heteroatoms. The highest BCUT2D eigenvalue weighted by Gasteiger charge is 2.09. The monoisotopic (exact) mass is 396 g/mol. The van der Waals surface area contributed by atoms with E-state index in [4.69, 9.17) is 14.2 Å². The first-order valence-electron chi connectivity index (χ1n) is 10.4. The third kappa shape index (κ3) is 8.43. The smallest absolute Gasteiger partial charge is 0.343 e. The summed E-state index contributed by atoms with van der Waals surface area (Å²) in [5.41, 5.74) is 0.488. The third-order valence-electron chi connectivity index (χ3n) is 4.63. The number of benzene rings is 2. The second kappa shape index (κ2) is 12.7. The van der Waals surface area contributed by atoms with E-state index in [0.717, 1.165) is 37.2 Å². The van der Waals surface area contributed by atoms with Gasteiger partial charge in [0, 0.05) is 0 Å². The first-order chi connectivity index (χ1) is 14.1. The largest absolute Gasteiger partial charge is 0.494 e. The average Bonchev–Trinajstić information content (AvgIpc) is 2.75. The number of allylic oxidation sites excluding steroid dienone is 2. The number of rotatable bonds is 12. The van der Waals surface area contributed by atoms with Gasteiger partial charge in [-0.15, -0.1) is 0 Å². The Kier molecular flexibility index (Phi) is 9.84. The molecule has 2 aromatic rings. The molecular weight excluding hydrogens is 364 g/mol. The van der Waals surface area contributed by atoms with Crippen molar-refractivity contribution in [3.8, 4) is 17.2 Å². The fourth-order valence-corrected chi connectivity index (χ4v) is 2.53. The van der Waals surface area contributed by atoms with Crippen molar-refractivity contribution in [2.75, 3.05) is 13.2 Å². The van der Waals surface area contributed by atoms with E-state index in [1.807, 2.05) is 19.1 Å². The number of carbonyl (C=O) groups excluding carboxylic acids is 1. The lowest BCUT2D eigenvalue weighted by molar-refractivity contribution is 0.0734. The topological polar surface area (TPSA) is 44.8 Å². The quantitative estimate of drug-likeness (QED) is 0.179. The average molecular weight is 397 g/mol. The first kappa shape index (κ1) is 22.5. The van der Waals surface area contributed by atoms with E-state index in [2.05, 4.69) is 26.0 Å². The van der Waals surface area contributed by atoms with Gasteiger partial charge in [0.2, 0.25) is 0 Å². The summed E-state index contributed by atoms with van der Waals surface area (Å²) >= 11 is 0. The van der Waals surface area contributed by atoms with Crippen molar-refractivity contribution in [1.82, 2.24) is 0 Å². The first-order valence-corrected chi connectivity index (χ1v) is 10.4. The lowest BCUT2D eigenvalue weighted by Gasteiger charge is -2.11. The lowest BCUT2D eigenvalue weighted by Crippen LogP contribution is -2.09. The summed E-state index contributed by atoms with van der Waals surface area (Å²) in [6.07, 6.45) is 8.50. The van der Waals surface area contributed by atoms with Crippen molar-refractivity contribution in [2.45, 2.75) is 46.5 Å². The van der Waals surface area contributed by atoms with Crippen LogP contribution in [0.3, 0.4) is 0 Å². The molecule has 0 aliphatic heterocycles. The van der Waals surface area contributed by atoms with Gasteiger partial charge in [-0.3, -0.25) is 0 Å². The molecule has 0 aliphatic carbocycles. The summed E-state index contributed by atoms with van der Waals surface area (Å²) in [7, 11) is 0. The fourth-order valence-electron chi connectivity index (χ4n) is 2.53. The SMILES string of the molecule is C/C=C\CCCCOc1ccc(C(=O)Oc2ccc(OC[C@@H](C)CC)cc2)cc1. The van der Waals surface area contributed by atoms with Crippen molar-refractivity contribution in [1.29, 1.82) is 0 Å². The lowest BCUT2D eigenvalue weighted by atomic mass is 10.1. The normalized spacial score (nSPS) is 12.0. The van der Waals surface area contributed by atoms with Gasteiger partial charge in [0.05, 0.1) is 18.8 Å². The highest BCUT2D eigenvalue weighted by atomic mass is 16.5. The Balaban J connectivity index is 1.78. The molecule has 2 aromatic carbocycles. The standard InChI is InChI=1S/C25H32O4/c1-4-6-7-8-9-18-27-22-12-10-21(11-13-22)25(26)29-24-16-14-23(15-17-24)28-19-20(3)5-2/h4,6,10-17,20H,5,7-9,18-19H2,1-3H3/b6-4-/t20-/m0/s1. The van der Waals surface area contributed by atoms with Crippen LogP contribution in [-0.4, -0.2) is 19.2 Å². The summed E-state index contributed by atoms with van der Waals surface area (Å²) < 4.78 is 16.9. The number of esters is 1. The van der Waals surface area contributed by atoms with E-state index in [9.17, 15) is 4.79 Å². The van der Waals surface area contributed by atoms with E-state index in [0.29, 0.717) is 30.4 Å². The molecule has 0 aliphatic rings. The molecule has 0 spiro atoms. The van der Waals surface area contributed by atoms with Crippen molar-refractivity contribution in [3.05, 3.63) is 66.2 Å².